The van der Waals surface area contributed by atoms with E-state index >= 15 is 0 Å². The third kappa shape index (κ3) is 5.97. The zero-order valence-electron chi connectivity index (χ0n) is 17.5. The summed E-state index contributed by atoms with van der Waals surface area (Å²) < 4.78 is 11.7. The van der Waals surface area contributed by atoms with Gasteiger partial charge in [-0.05, 0) is 30.2 Å². The number of methoxy groups -OCH3 is 1. The van der Waals surface area contributed by atoms with Crippen LogP contribution in [0.1, 0.15) is 27.8 Å². The molecule has 0 amide bonds. The highest BCUT2D eigenvalue weighted by Gasteiger charge is 2.13. The predicted molar refractivity (Wildman–Crippen MR) is 121 cm³/mol. The molecule has 3 rings (SSSR count). The molecule has 0 aliphatic heterocycles. The minimum absolute atomic E-state index is 0.217. The molecule has 0 N–H and O–H groups in total. The van der Waals surface area contributed by atoms with Crippen molar-refractivity contribution in [1.82, 2.24) is 0 Å². The number of rotatable bonds is 10. The van der Waals surface area contributed by atoms with Crippen molar-refractivity contribution in [3.8, 4) is 17.6 Å². The number of nitriles is 1. The largest absolute Gasteiger partial charge is 0.493 e. The molecular formula is C26H24N2O3. The summed E-state index contributed by atoms with van der Waals surface area (Å²) in [5.74, 6) is 1.30. The molecule has 0 saturated carbocycles. The molecule has 3 aromatic rings. The van der Waals surface area contributed by atoms with Crippen LogP contribution in [0.2, 0.25) is 0 Å². The molecule has 156 valence electrons. The Morgan fingerprint density at radius 3 is 2.52 bits per heavy atom. The van der Waals surface area contributed by atoms with Crippen LogP contribution in [0.25, 0.3) is 0 Å². The smallest absolute Gasteiger partial charge is 0.165 e. The van der Waals surface area contributed by atoms with Crippen LogP contribution in [0.5, 0.6) is 11.5 Å². The number of oxime groups is 1. The molecule has 3 aromatic carbocycles. The Labute approximate surface area is 182 Å². The highest BCUT2D eigenvalue weighted by atomic mass is 16.6. The van der Waals surface area contributed by atoms with E-state index in [-0.39, 0.29) is 6.61 Å². The van der Waals surface area contributed by atoms with E-state index in [9.17, 15) is 0 Å². The molecule has 0 atom stereocenters. The summed E-state index contributed by atoms with van der Waals surface area (Å²) in [6.07, 6.45) is 4.06. The number of benzene rings is 3. The Balaban J connectivity index is 1.74. The van der Waals surface area contributed by atoms with E-state index in [1.165, 1.54) is 0 Å². The second kappa shape index (κ2) is 11.2. The van der Waals surface area contributed by atoms with Crippen molar-refractivity contribution >= 4 is 6.21 Å². The van der Waals surface area contributed by atoms with Gasteiger partial charge in [0.2, 0.25) is 0 Å². The molecule has 0 unspecified atom stereocenters. The lowest BCUT2D eigenvalue weighted by Crippen LogP contribution is -2.02. The Morgan fingerprint density at radius 2 is 1.77 bits per heavy atom. The number of ether oxygens (including phenoxy) is 2. The van der Waals surface area contributed by atoms with E-state index in [0.717, 1.165) is 22.3 Å². The molecule has 0 bridgehead atoms. The van der Waals surface area contributed by atoms with Crippen molar-refractivity contribution in [3.63, 3.8) is 0 Å². The van der Waals surface area contributed by atoms with E-state index in [2.05, 4.69) is 17.8 Å². The number of nitrogens with zero attached hydrogens (tertiary/aromatic N) is 2. The van der Waals surface area contributed by atoms with E-state index in [0.29, 0.717) is 30.1 Å². The van der Waals surface area contributed by atoms with Gasteiger partial charge in [0, 0.05) is 16.7 Å². The lowest BCUT2D eigenvalue weighted by Gasteiger charge is -2.15. The Hall–Kier alpha value is -4.04. The standard InChI is InChI=1S/C26H24N2O3/c1-3-9-22-14-21(17-28-31-19-24-13-8-7-12-23(24)16-27)15-25(29-2)26(22)30-18-20-10-5-4-6-11-20/h3-8,10-15,17H,1,9,18-19H2,2H3/b28-17-. The lowest BCUT2D eigenvalue weighted by atomic mass is 10.1. The summed E-state index contributed by atoms with van der Waals surface area (Å²) in [6, 6.07) is 23.2. The van der Waals surface area contributed by atoms with Crippen LogP contribution in [0.3, 0.4) is 0 Å². The van der Waals surface area contributed by atoms with E-state index in [1.807, 2.05) is 66.7 Å². The first-order valence-electron chi connectivity index (χ1n) is 9.87. The van der Waals surface area contributed by atoms with Gasteiger partial charge in [-0.1, -0.05) is 59.8 Å². The normalized spacial score (nSPS) is 10.5. The van der Waals surface area contributed by atoms with Gasteiger partial charge in [-0.25, -0.2) is 0 Å². The van der Waals surface area contributed by atoms with Crippen LogP contribution in [-0.2, 0) is 24.5 Å². The first kappa shape index (κ1) is 21.7. The molecule has 0 spiro atoms. The maximum Gasteiger partial charge on any atom is 0.165 e. The molecule has 31 heavy (non-hydrogen) atoms. The van der Waals surface area contributed by atoms with Crippen molar-refractivity contribution in [2.24, 2.45) is 5.16 Å². The predicted octanol–water partition coefficient (Wildman–Crippen LogP) is 5.43. The Bertz CT molecular complexity index is 1090. The monoisotopic (exact) mass is 412 g/mol. The molecule has 0 aromatic heterocycles. The van der Waals surface area contributed by atoms with Gasteiger partial charge in [0.15, 0.2) is 11.5 Å². The van der Waals surface area contributed by atoms with Crippen molar-refractivity contribution < 1.29 is 14.3 Å². The molecule has 5 heteroatoms. The van der Waals surface area contributed by atoms with Gasteiger partial charge in [-0.2, -0.15) is 5.26 Å². The van der Waals surface area contributed by atoms with E-state index in [1.54, 1.807) is 19.4 Å². The fourth-order valence-electron chi connectivity index (χ4n) is 3.07. The first-order chi connectivity index (χ1) is 15.2. The topological polar surface area (TPSA) is 63.8 Å². The molecule has 0 saturated heterocycles. The first-order valence-corrected chi connectivity index (χ1v) is 9.87. The zero-order valence-corrected chi connectivity index (χ0v) is 17.5. The van der Waals surface area contributed by atoms with Gasteiger partial charge < -0.3 is 14.3 Å². The summed E-state index contributed by atoms with van der Waals surface area (Å²) in [5, 5.41) is 13.2. The molecule has 0 radical (unpaired) electrons. The van der Waals surface area contributed by atoms with Gasteiger partial charge >= 0.3 is 0 Å². The minimum Gasteiger partial charge on any atom is -0.493 e. The SMILES string of the molecule is C=CCc1cc(/C=N\OCc2ccccc2C#N)cc(OC)c1OCc1ccccc1. The minimum atomic E-state index is 0.217. The summed E-state index contributed by atoms with van der Waals surface area (Å²) >= 11 is 0. The van der Waals surface area contributed by atoms with Crippen molar-refractivity contribution in [2.45, 2.75) is 19.6 Å². The second-order valence-electron chi connectivity index (χ2n) is 6.76. The van der Waals surface area contributed by atoms with Crippen LogP contribution < -0.4 is 9.47 Å². The van der Waals surface area contributed by atoms with E-state index in [4.69, 9.17) is 19.6 Å². The van der Waals surface area contributed by atoms with Crippen molar-refractivity contribution in [1.29, 1.82) is 5.26 Å². The molecule has 0 aliphatic carbocycles. The van der Waals surface area contributed by atoms with Gasteiger partial charge in [0.1, 0.15) is 13.2 Å². The third-order valence-corrected chi connectivity index (χ3v) is 4.60. The Morgan fingerprint density at radius 1 is 1.00 bits per heavy atom. The quantitative estimate of drug-likeness (QED) is 0.253. The molecule has 0 aliphatic rings. The van der Waals surface area contributed by atoms with Crippen LogP contribution in [-0.4, -0.2) is 13.3 Å². The number of hydrogen-bond acceptors (Lipinski definition) is 5. The van der Waals surface area contributed by atoms with Gasteiger partial charge in [0.25, 0.3) is 0 Å². The molecule has 5 nitrogen and oxygen atoms in total. The second-order valence-corrected chi connectivity index (χ2v) is 6.76. The lowest BCUT2D eigenvalue weighted by molar-refractivity contribution is 0.132. The van der Waals surface area contributed by atoms with Gasteiger partial charge in [-0.3, -0.25) is 0 Å². The molecule has 0 heterocycles. The highest BCUT2D eigenvalue weighted by molar-refractivity contribution is 5.81. The average Bonchev–Trinajstić information content (AvgIpc) is 2.82. The zero-order chi connectivity index (χ0) is 21.9. The van der Waals surface area contributed by atoms with Crippen molar-refractivity contribution in [3.05, 3.63) is 107 Å². The van der Waals surface area contributed by atoms with Crippen LogP contribution in [0, 0.1) is 11.3 Å². The van der Waals surface area contributed by atoms with Crippen LogP contribution in [0.4, 0.5) is 0 Å². The summed E-state index contributed by atoms with van der Waals surface area (Å²) in [5.41, 5.74) is 4.20. The summed E-state index contributed by atoms with van der Waals surface area (Å²) in [7, 11) is 1.61. The number of allylic oxidation sites excluding steroid dienone is 1. The summed E-state index contributed by atoms with van der Waals surface area (Å²) in [4.78, 5) is 5.40. The van der Waals surface area contributed by atoms with Crippen LogP contribution in [0.15, 0.2) is 84.5 Å². The fraction of sp³-hybridized carbons (Fsp3) is 0.154. The van der Waals surface area contributed by atoms with Gasteiger partial charge in [0.05, 0.1) is 25.0 Å². The maximum atomic E-state index is 9.16. The highest BCUT2D eigenvalue weighted by Crippen LogP contribution is 2.34. The molecule has 0 fully saturated rings. The van der Waals surface area contributed by atoms with Crippen molar-refractivity contribution in [2.75, 3.05) is 7.11 Å². The summed E-state index contributed by atoms with van der Waals surface area (Å²) in [6.45, 7) is 4.50. The van der Waals surface area contributed by atoms with Gasteiger partial charge in [-0.15, -0.1) is 6.58 Å². The average molecular weight is 412 g/mol. The number of hydrogen-bond donors (Lipinski definition) is 0. The van der Waals surface area contributed by atoms with E-state index < -0.39 is 0 Å². The third-order valence-electron chi connectivity index (χ3n) is 4.60. The molecular weight excluding hydrogens is 388 g/mol. The Kier molecular flexibility index (Phi) is 7.84. The maximum absolute atomic E-state index is 9.16. The van der Waals surface area contributed by atoms with Crippen LogP contribution >= 0.6 is 0 Å². The fourth-order valence-corrected chi connectivity index (χ4v) is 3.07.